The molecular formula is C16H14Cl3NO4. The minimum absolute atomic E-state index is 0.240. The van der Waals surface area contributed by atoms with Gasteiger partial charge in [-0.1, -0.05) is 34.8 Å². The van der Waals surface area contributed by atoms with Crippen molar-refractivity contribution in [2.75, 3.05) is 26.1 Å². The highest BCUT2D eigenvalue weighted by Crippen LogP contribution is 2.33. The summed E-state index contributed by atoms with van der Waals surface area (Å²) in [4.78, 5) is 12.0. The summed E-state index contributed by atoms with van der Waals surface area (Å²) in [6, 6.07) is 7.94. The van der Waals surface area contributed by atoms with E-state index < -0.39 is 5.91 Å². The first-order valence-corrected chi connectivity index (χ1v) is 7.86. The van der Waals surface area contributed by atoms with Crippen molar-refractivity contribution in [2.45, 2.75) is 0 Å². The second-order valence-electron chi connectivity index (χ2n) is 4.63. The van der Waals surface area contributed by atoms with Gasteiger partial charge in [0.05, 0.1) is 30.0 Å². The van der Waals surface area contributed by atoms with Gasteiger partial charge in [0, 0.05) is 23.2 Å². The SMILES string of the molecule is COc1cc(OC)cc(OCC(=O)Nc2c(Cl)cc(Cl)cc2Cl)c1. The fourth-order valence-electron chi connectivity index (χ4n) is 1.85. The summed E-state index contributed by atoms with van der Waals surface area (Å²) in [7, 11) is 3.05. The van der Waals surface area contributed by atoms with E-state index in [2.05, 4.69) is 5.32 Å². The molecule has 2 rings (SSSR count). The summed E-state index contributed by atoms with van der Waals surface area (Å²) in [6.45, 7) is -0.244. The van der Waals surface area contributed by atoms with E-state index in [9.17, 15) is 4.79 Å². The number of methoxy groups -OCH3 is 2. The Morgan fingerprint density at radius 3 is 1.92 bits per heavy atom. The van der Waals surface area contributed by atoms with Crippen LogP contribution in [0.4, 0.5) is 5.69 Å². The van der Waals surface area contributed by atoms with Crippen LogP contribution in [0.25, 0.3) is 0 Å². The Hall–Kier alpha value is -1.82. The molecule has 0 saturated heterocycles. The quantitative estimate of drug-likeness (QED) is 0.778. The summed E-state index contributed by atoms with van der Waals surface area (Å²) in [5.74, 6) is 1.10. The zero-order valence-electron chi connectivity index (χ0n) is 12.9. The fraction of sp³-hybridized carbons (Fsp3) is 0.188. The Morgan fingerprint density at radius 1 is 0.917 bits per heavy atom. The number of benzene rings is 2. The topological polar surface area (TPSA) is 56.8 Å². The molecular weight excluding hydrogens is 377 g/mol. The molecule has 0 aliphatic rings. The molecule has 8 heteroatoms. The maximum atomic E-state index is 12.0. The maximum Gasteiger partial charge on any atom is 0.262 e. The van der Waals surface area contributed by atoms with Gasteiger partial charge in [-0.25, -0.2) is 0 Å². The molecule has 1 amide bonds. The van der Waals surface area contributed by atoms with E-state index in [-0.39, 0.29) is 22.3 Å². The average Bonchev–Trinajstić information content (AvgIpc) is 2.55. The van der Waals surface area contributed by atoms with Crippen molar-refractivity contribution in [3.8, 4) is 17.2 Å². The molecule has 0 aliphatic carbocycles. The molecule has 0 unspecified atom stereocenters. The normalized spacial score (nSPS) is 10.2. The molecule has 2 aromatic carbocycles. The predicted octanol–water partition coefficient (Wildman–Crippen LogP) is 4.68. The van der Waals surface area contributed by atoms with Crippen LogP contribution in [-0.2, 0) is 4.79 Å². The van der Waals surface area contributed by atoms with Gasteiger partial charge < -0.3 is 19.5 Å². The highest BCUT2D eigenvalue weighted by Gasteiger charge is 2.12. The molecule has 0 aromatic heterocycles. The molecule has 0 fully saturated rings. The second kappa shape index (κ2) is 8.33. The maximum absolute atomic E-state index is 12.0. The van der Waals surface area contributed by atoms with Gasteiger partial charge in [0.15, 0.2) is 6.61 Å². The van der Waals surface area contributed by atoms with E-state index in [4.69, 9.17) is 49.0 Å². The zero-order valence-corrected chi connectivity index (χ0v) is 15.1. The van der Waals surface area contributed by atoms with Gasteiger partial charge >= 0.3 is 0 Å². The van der Waals surface area contributed by atoms with Crippen LogP contribution in [0, 0.1) is 0 Å². The first-order valence-electron chi connectivity index (χ1n) is 6.73. The van der Waals surface area contributed by atoms with Crippen LogP contribution >= 0.6 is 34.8 Å². The Morgan fingerprint density at radius 2 is 1.42 bits per heavy atom. The summed E-state index contributed by atoms with van der Waals surface area (Å²) in [5.41, 5.74) is 0.277. The number of carbonyl (C=O) groups excluding carboxylic acids is 1. The number of hydrogen-bond donors (Lipinski definition) is 1. The summed E-state index contributed by atoms with van der Waals surface area (Å²) in [6.07, 6.45) is 0. The molecule has 5 nitrogen and oxygen atoms in total. The van der Waals surface area contributed by atoms with E-state index in [1.807, 2.05) is 0 Å². The van der Waals surface area contributed by atoms with E-state index in [0.717, 1.165) is 0 Å². The molecule has 0 saturated carbocycles. The molecule has 1 N–H and O–H groups in total. The van der Waals surface area contributed by atoms with Crippen molar-refractivity contribution < 1.29 is 19.0 Å². The third kappa shape index (κ3) is 4.84. The van der Waals surface area contributed by atoms with Gasteiger partial charge in [-0.3, -0.25) is 4.79 Å². The van der Waals surface area contributed by atoms with Crippen molar-refractivity contribution in [1.82, 2.24) is 0 Å². The highest BCUT2D eigenvalue weighted by molar-refractivity contribution is 6.42. The van der Waals surface area contributed by atoms with Crippen molar-refractivity contribution in [2.24, 2.45) is 0 Å². The summed E-state index contributed by atoms with van der Waals surface area (Å²) < 4.78 is 15.7. The number of rotatable bonds is 6. The molecule has 0 bridgehead atoms. The average molecular weight is 391 g/mol. The van der Waals surface area contributed by atoms with E-state index >= 15 is 0 Å². The number of ether oxygens (including phenoxy) is 3. The largest absolute Gasteiger partial charge is 0.496 e. The lowest BCUT2D eigenvalue weighted by atomic mass is 10.3. The standard InChI is InChI=1S/C16H14Cl3NO4/c1-22-10-5-11(23-2)7-12(6-10)24-8-15(21)20-16-13(18)3-9(17)4-14(16)19/h3-7H,8H2,1-2H3,(H,20,21). The van der Waals surface area contributed by atoms with Gasteiger partial charge in [-0.15, -0.1) is 0 Å². The van der Waals surface area contributed by atoms with Crippen LogP contribution in [0.2, 0.25) is 15.1 Å². The lowest BCUT2D eigenvalue weighted by molar-refractivity contribution is -0.118. The Labute approximate surface area is 154 Å². The van der Waals surface area contributed by atoms with Crippen molar-refractivity contribution in [3.05, 3.63) is 45.4 Å². The van der Waals surface area contributed by atoms with Gasteiger partial charge in [0.1, 0.15) is 17.2 Å². The first kappa shape index (κ1) is 18.5. The third-order valence-electron chi connectivity index (χ3n) is 2.97. The number of amides is 1. The molecule has 2 aromatic rings. The van der Waals surface area contributed by atoms with Gasteiger partial charge in [-0.05, 0) is 12.1 Å². The van der Waals surface area contributed by atoms with E-state index in [1.165, 1.54) is 26.4 Å². The smallest absolute Gasteiger partial charge is 0.262 e. The lowest BCUT2D eigenvalue weighted by Gasteiger charge is -2.12. The van der Waals surface area contributed by atoms with Crippen LogP contribution in [-0.4, -0.2) is 26.7 Å². The Kier molecular flexibility index (Phi) is 6.43. The Bertz CT molecular complexity index is 707. The van der Waals surface area contributed by atoms with Crippen LogP contribution in [0.5, 0.6) is 17.2 Å². The van der Waals surface area contributed by atoms with Gasteiger partial charge in [0.25, 0.3) is 5.91 Å². The number of halogens is 3. The van der Waals surface area contributed by atoms with Gasteiger partial charge in [-0.2, -0.15) is 0 Å². The molecule has 0 spiro atoms. The van der Waals surface area contributed by atoms with E-state index in [1.54, 1.807) is 18.2 Å². The zero-order chi connectivity index (χ0) is 17.7. The van der Waals surface area contributed by atoms with Crippen molar-refractivity contribution in [1.29, 1.82) is 0 Å². The van der Waals surface area contributed by atoms with Crippen LogP contribution < -0.4 is 19.5 Å². The third-order valence-corrected chi connectivity index (χ3v) is 3.78. The monoisotopic (exact) mass is 389 g/mol. The van der Waals surface area contributed by atoms with Crippen LogP contribution in [0.3, 0.4) is 0 Å². The summed E-state index contributed by atoms with van der Waals surface area (Å²) >= 11 is 17.9. The number of carbonyl (C=O) groups is 1. The predicted molar refractivity (Wildman–Crippen MR) is 95.1 cm³/mol. The first-order chi connectivity index (χ1) is 11.4. The fourth-order valence-corrected chi connectivity index (χ4v) is 2.76. The van der Waals surface area contributed by atoms with E-state index in [0.29, 0.717) is 22.3 Å². The second-order valence-corrected chi connectivity index (χ2v) is 5.88. The minimum Gasteiger partial charge on any atom is -0.496 e. The molecule has 24 heavy (non-hydrogen) atoms. The highest BCUT2D eigenvalue weighted by atomic mass is 35.5. The number of hydrogen-bond acceptors (Lipinski definition) is 4. The van der Waals surface area contributed by atoms with Crippen molar-refractivity contribution in [3.63, 3.8) is 0 Å². The van der Waals surface area contributed by atoms with Crippen LogP contribution in [0.1, 0.15) is 0 Å². The molecule has 128 valence electrons. The summed E-state index contributed by atoms with van der Waals surface area (Å²) in [5, 5.41) is 3.44. The molecule has 0 atom stereocenters. The van der Waals surface area contributed by atoms with Crippen LogP contribution in [0.15, 0.2) is 30.3 Å². The molecule has 0 aliphatic heterocycles. The van der Waals surface area contributed by atoms with Gasteiger partial charge in [0.2, 0.25) is 0 Å². The minimum atomic E-state index is -0.428. The number of nitrogens with one attached hydrogen (secondary N) is 1. The molecule has 0 heterocycles. The molecule has 0 radical (unpaired) electrons. The number of anilines is 1. The lowest BCUT2D eigenvalue weighted by Crippen LogP contribution is -2.20. The van der Waals surface area contributed by atoms with Crippen molar-refractivity contribution >= 4 is 46.4 Å². The Balaban J connectivity index is 2.04.